The Labute approximate surface area is 85.1 Å². The number of ether oxygens (including phenoxy) is 2. The molecule has 1 saturated heterocycles. The average molecular weight is 198 g/mol. The van der Waals surface area contributed by atoms with Gasteiger partial charge in [-0.25, -0.2) is 4.79 Å². The Morgan fingerprint density at radius 2 is 2.36 bits per heavy atom. The minimum atomic E-state index is -0.310. The number of hydrogen-bond acceptors (Lipinski definition) is 3. The standard InChI is InChI=1S/C11H18O3/c1-8(2)11(12)14-7-5-10-9(3)4-6-13-10/h9-10H,1,4-7H2,2-3H3. The molecule has 14 heavy (non-hydrogen) atoms. The van der Waals surface area contributed by atoms with Gasteiger partial charge in [0.25, 0.3) is 0 Å². The van der Waals surface area contributed by atoms with Gasteiger partial charge in [0.1, 0.15) is 0 Å². The molecule has 1 rings (SSSR count). The van der Waals surface area contributed by atoms with Crippen LogP contribution in [-0.4, -0.2) is 25.3 Å². The Morgan fingerprint density at radius 1 is 1.64 bits per heavy atom. The highest BCUT2D eigenvalue weighted by atomic mass is 16.5. The van der Waals surface area contributed by atoms with E-state index in [-0.39, 0.29) is 12.1 Å². The second-order valence-corrected chi connectivity index (χ2v) is 3.88. The number of carbonyl (C=O) groups excluding carboxylic acids is 1. The van der Waals surface area contributed by atoms with Crippen LogP contribution in [0.4, 0.5) is 0 Å². The third-order valence-corrected chi connectivity index (χ3v) is 2.52. The number of esters is 1. The van der Waals surface area contributed by atoms with Gasteiger partial charge in [-0.15, -0.1) is 0 Å². The molecule has 0 N–H and O–H groups in total. The third-order valence-electron chi connectivity index (χ3n) is 2.52. The summed E-state index contributed by atoms with van der Waals surface area (Å²) in [5, 5.41) is 0. The van der Waals surface area contributed by atoms with Crippen LogP contribution in [0.2, 0.25) is 0 Å². The van der Waals surface area contributed by atoms with E-state index in [0.29, 0.717) is 18.1 Å². The summed E-state index contributed by atoms with van der Waals surface area (Å²) >= 11 is 0. The molecule has 0 aromatic carbocycles. The summed E-state index contributed by atoms with van der Waals surface area (Å²) in [6, 6.07) is 0. The van der Waals surface area contributed by atoms with Gasteiger partial charge in [-0.05, 0) is 19.3 Å². The summed E-state index contributed by atoms with van der Waals surface area (Å²) in [5.74, 6) is 0.272. The maximum Gasteiger partial charge on any atom is 0.333 e. The first-order valence-electron chi connectivity index (χ1n) is 5.05. The lowest BCUT2D eigenvalue weighted by atomic mass is 10.0. The van der Waals surface area contributed by atoms with Gasteiger partial charge in [0.05, 0.1) is 12.7 Å². The molecular formula is C11H18O3. The van der Waals surface area contributed by atoms with Crippen molar-refractivity contribution in [3.63, 3.8) is 0 Å². The van der Waals surface area contributed by atoms with E-state index in [0.717, 1.165) is 19.4 Å². The minimum Gasteiger partial charge on any atom is -0.462 e. The summed E-state index contributed by atoms with van der Waals surface area (Å²) in [5.41, 5.74) is 0.449. The minimum absolute atomic E-state index is 0.257. The molecular weight excluding hydrogens is 180 g/mol. The van der Waals surface area contributed by atoms with Crippen molar-refractivity contribution in [3.8, 4) is 0 Å². The lowest BCUT2D eigenvalue weighted by Crippen LogP contribution is -2.17. The predicted molar refractivity (Wildman–Crippen MR) is 53.9 cm³/mol. The smallest absolute Gasteiger partial charge is 0.333 e. The Kier molecular flexibility index (Phi) is 4.14. The van der Waals surface area contributed by atoms with E-state index in [1.165, 1.54) is 0 Å². The lowest BCUT2D eigenvalue weighted by Gasteiger charge is -2.14. The fraction of sp³-hybridized carbons (Fsp3) is 0.727. The molecule has 80 valence electrons. The lowest BCUT2D eigenvalue weighted by molar-refractivity contribution is -0.139. The van der Waals surface area contributed by atoms with Crippen LogP contribution >= 0.6 is 0 Å². The molecule has 0 saturated carbocycles. The van der Waals surface area contributed by atoms with Crippen LogP contribution in [0.3, 0.4) is 0 Å². The molecule has 2 unspecified atom stereocenters. The number of hydrogen-bond donors (Lipinski definition) is 0. The van der Waals surface area contributed by atoms with Crippen molar-refractivity contribution in [2.24, 2.45) is 5.92 Å². The van der Waals surface area contributed by atoms with E-state index in [2.05, 4.69) is 13.5 Å². The van der Waals surface area contributed by atoms with Gasteiger partial charge in [-0.3, -0.25) is 0 Å². The zero-order valence-corrected chi connectivity index (χ0v) is 8.91. The molecule has 3 heteroatoms. The molecule has 0 amide bonds. The van der Waals surface area contributed by atoms with Crippen LogP contribution in [0, 0.1) is 5.92 Å². The van der Waals surface area contributed by atoms with Gasteiger partial charge in [0.2, 0.25) is 0 Å². The Morgan fingerprint density at radius 3 is 2.86 bits per heavy atom. The van der Waals surface area contributed by atoms with E-state index in [4.69, 9.17) is 9.47 Å². The zero-order chi connectivity index (χ0) is 10.6. The summed E-state index contributed by atoms with van der Waals surface area (Å²) in [7, 11) is 0. The van der Waals surface area contributed by atoms with Crippen LogP contribution in [0.1, 0.15) is 26.7 Å². The first-order valence-corrected chi connectivity index (χ1v) is 5.05. The SMILES string of the molecule is C=C(C)C(=O)OCCC1OCCC1C. The topological polar surface area (TPSA) is 35.5 Å². The fourth-order valence-corrected chi connectivity index (χ4v) is 1.51. The third kappa shape index (κ3) is 3.14. The second-order valence-electron chi connectivity index (χ2n) is 3.88. The first-order chi connectivity index (χ1) is 6.61. The molecule has 0 radical (unpaired) electrons. The van der Waals surface area contributed by atoms with Gasteiger partial charge in [0, 0.05) is 18.6 Å². The van der Waals surface area contributed by atoms with Crippen molar-refractivity contribution in [3.05, 3.63) is 12.2 Å². The fourth-order valence-electron chi connectivity index (χ4n) is 1.51. The maximum atomic E-state index is 11.0. The van der Waals surface area contributed by atoms with Crippen molar-refractivity contribution in [2.75, 3.05) is 13.2 Å². The highest BCUT2D eigenvalue weighted by Gasteiger charge is 2.24. The highest BCUT2D eigenvalue weighted by molar-refractivity contribution is 5.86. The van der Waals surface area contributed by atoms with Crippen molar-refractivity contribution in [1.82, 2.24) is 0 Å². The quantitative estimate of drug-likeness (QED) is 0.511. The zero-order valence-electron chi connectivity index (χ0n) is 8.91. The van der Waals surface area contributed by atoms with E-state index < -0.39 is 0 Å². The summed E-state index contributed by atoms with van der Waals surface area (Å²) in [4.78, 5) is 11.0. The van der Waals surface area contributed by atoms with Crippen LogP contribution < -0.4 is 0 Å². The summed E-state index contributed by atoms with van der Waals surface area (Å²) in [6.45, 7) is 8.59. The first kappa shape index (κ1) is 11.2. The highest BCUT2D eigenvalue weighted by Crippen LogP contribution is 2.22. The van der Waals surface area contributed by atoms with Crippen molar-refractivity contribution >= 4 is 5.97 Å². The molecule has 0 aromatic heterocycles. The predicted octanol–water partition coefficient (Wildman–Crippen LogP) is 1.92. The van der Waals surface area contributed by atoms with Crippen molar-refractivity contribution < 1.29 is 14.3 Å². The van der Waals surface area contributed by atoms with Gasteiger partial charge < -0.3 is 9.47 Å². The molecule has 0 aromatic rings. The van der Waals surface area contributed by atoms with Crippen molar-refractivity contribution in [2.45, 2.75) is 32.8 Å². The van der Waals surface area contributed by atoms with Gasteiger partial charge in [-0.1, -0.05) is 13.5 Å². The largest absolute Gasteiger partial charge is 0.462 e. The normalized spacial score (nSPS) is 26.1. The molecule has 1 aliphatic rings. The molecule has 0 bridgehead atoms. The van der Waals surface area contributed by atoms with E-state index in [1.54, 1.807) is 6.92 Å². The van der Waals surface area contributed by atoms with Gasteiger partial charge in [0.15, 0.2) is 0 Å². The van der Waals surface area contributed by atoms with Crippen LogP contribution in [0.5, 0.6) is 0 Å². The summed E-state index contributed by atoms with van der Waals surface area (Å²) in [6.07, 6.45) is 2.16. The van der Waals surface area contributed by atoms with Crippen molar-refractivity contribution in [1.29, 1.82) is 0 Å². The molecule has 1 fully saturated rings. The second kappa shape index (κ2) is 5.15. The van der Waals surface area contributed by atoms with Crippen LogP contribution in [0.15, 0.2) is 12.2 Å². The number of rotatable bonds is 4. The van der Waals surface area contributed by atoms with Crippen LogP contribution in [0.25, 0.3) is 0 Å². The summed E-state index contributed by atoms with van der Waals surface area (Å²) < 4.78 is 10.5. The average Bonchev–Trinajstić information content (AvgIpc) is 2.51. The molecule has 0 aliphatic carbocycles. The van der Waals surface area contributed by atoms with E-state index >= 15 is 0 Å². The van der Waals surface area contributed by atoms with E-state index in [1.807, 2.05) is 0 Å². The Hall–Kier alpha value is -0.830. The van der Waals surface area contributed by atoms with Gasteiger partial charge in [-0.2, -0.15) is 0 Å². The molecule has 2 atom stereocenters. The van der Waals surface area contributed by atoms with Gasteiger partial charge >= 0.3 is 5.97 Å². The molecule has 1 heterocycles. The Bertz CT molecular complexity index is 223. The molecule has 3 nitrogen and oxygen atoms in total. The van der Waals surface area contributed by atoms with E-state index in [9.17, 15) is 4.79 Å². The monoisotopic (exact) mass is 198 g/mol. The van der Waals surface area contributed by atoms with Crippen LogP contribution in [-0.2, 0) is 14.3 Å². The maximum absolute atomic E-state index is 11.0. The molecule has 0 spiro atoms. The Balaban J connectivity index is 2.15. The number of carbonyl (C=O) groups is 1. The molecule has 1 aliphatic heterocycles.